The lowest BCUT2D eigenvalue weighted by Gasteiger charge is -2.33. The van der Waals surface area contributed by atoms with Gasteiger partial charge in [-0.25, -0.2) is 4.68 Å². The van der Waals surface area contributed by atoms with Crippen molar-refractivity contribution in [2.24, 2.45) is 0 Å². The SMILES string of the molecule is CNC(=O)c1nn(CN2CCc3sccc3C2C)c(=O)c2ccccc12. The monoisotopic (exact) mass is 368 g/mol. The molecule has 3 aromatic rings. The van der Waals surface area contributed by atoms with Crippen LogP contribution >= 0.6 is 11.3 Å². The summed E-state index contributed by atoms with van der Waals surface area (Å²) < 4.78 is 1.42. The van der Waals surface area contributed by atoms with Crippen molar-refractivity contribution in [3.63, 3.8) is 0 Å². The first-order chi connectivity index (χ1) is 12.6. The summed E-state index contributed by atoms with van der Waals surface area (Å²) in [6.07, 6.45) is 0.974. The maximum atomic E-state index is 12.9. The van der Waals surface area contributed by atoms with Crippen molar-refractivity contribution in [3.8, 4) is 0 Å². The molecule has 1 aliphatic rings. The van der Waals surface area contributed by atoms with E-state index in [9.17, 15) is 9.59 Å². The molecular weight excluding hydrogens is 348 g/mol. The lowest BCUT2D eigenvalue weighted by Crippen LogP contribution is -2.39. The van der Waals surface area contributed by atoms with Crippen LogP contribution in [0, 0.1) is 0 Å². The molecule has 0 radical (unpaired) electrons. The molecule has 0 bridgehead atoms. The number of nitrogens with one attached hydrogen (secondary N) is 1. The highest BCUT2D eigenvalue weighted by atomic mass is 32.1. The maximum Gasteiger partial charge on any atom is 0.275 e. The lowest BCUT2D eigenvalue weighted by atomic mass is 10.0. The normalized spacial score (nSPS) is 17.2. The van der Waals surface area contributed by atoms with E-state index in [1.165, 1.54) is 15.1 Å². The molecule has 1 atom stereocenters. The van der Waals surface area contributed by atoms with Gasteiger partial charge in [-0.05, 0) is 36.4 Å². The molecule has 0 fully saturated rings. The van der Waals surface area contributed by atoms with Crippen LogP contribution in [-0.4, -0.2) is 34.2 Å². The van der Waals surface area contributed by atoms with E-state index in [0.717, 1.165) is 13.0 Å². The van der Waals surface area contributed by atoms with Gasteiger partial charge in [0.05, 0.1) is 12.1 Å². The number of hydrogen-bond donors (Lipinski definition) is 1. The number of thiophene rings is 1. The van der Waals surface area contributed by atoms with Crippen molar-refractivity contribution >= 4 is 28.0 Å². The number of rotatable bonds is 3. The third-order valence-electron chi connectivity index (χ3n) is 5.03. The number of nitrogens with zero attached hydrogens (tertiary/aromatic N) is 3. The molecule has 1 aliphatic heterocycles. The minimum Gasteiger partial charge on any atom is -0.354 e. The van der Waals surface area contributed by atoms with Crippen LogP contribution in [0.15, 0.2) is 40.5 Å². The summed E-state index contributed by atoms with van der Waals surface area (Å²) in [4.78, 5) is 28.8. The van der Waals surface area contributed by atoms with Crippen LogP contribution in [0.3, 0.4) is 0 Å². The minimum absolute atomic E-state index is 0.170. The second-order valence-electron chi connectivity index (χ2n) is 6.46. The molecule has 4 rings (SSSR count). The van der Waals surface area contributed by atoms with Gasteiger partial charge >= 0.3 is 0 Å². The Hall–Kier alpha value is -2.51. The van der Waals surface area contributed by atoms with Crippen LogP contribution in [-0.2, 0) is 13.1 Å². The van der Waals surface area contributed by atoms with Crippen molar-refractivity contribution in [2.75, 3.05) is 13.6 Å². The van der Waals surface area contributed by atoms with Crippen molar-refractivity contribution in [1.82, 2.24) is 20.0 Å². The Morgan fingerprint density at radius 3 is 2.85 bits per heavy atom. The molecule has 2 aromatic heterocycles. The van der Waals surface area contributed by atoms with E-state index >= 15 is 0 Å². The summed E-state index contributed by atoms with van der Waals surface area (Å²) in [7, 11) is 1.57. The number of hydrogen-bond acceptors (Lipinski definition) is 5. The zero-order chi connectivity index (χ0) is 18.3. The number of amides is 1. The Morgan fingerprint density at radius 1 is 1.31 bits per heavy atom. The largest absolute Gasteiger partial charge is 0.354 e. The summed E-state index contributed by atoms with van der Waals surface area (Å²) in [6, 6.07) is 9.50. The molecule has 1 N–H and O–H groups in total. The van der Waals surface area contributed by atoms with Crippen LogP contribution in [0.5, 0.6) is 0 Å². The van der Waals surface area contributed by atoms with Crippen molar-refractivity contribution < 1.29 is 4.79 Å². The fourth-order valence-electron chi connectivity index (χ4n) is 3.54. The molecule has 1 amide bonds. The number of fused-ring (bicyclic) bond motifs is 2. The Balaban J connectivity index is 1.76. The quantitative estimate of drug-likeness (QED) is 0.771. The average molecular weight is 368 g/mol. The summed E-state index contributed by atoms with van der Waals surface area (Å²) >= 11 is 1.79. The fraction of sp³-hybridized carbons (Fsp3) is 0.316. The zero-order valence-corrected chi connectivity index (χ0v) is 15.5. The summed E-state index contributed by atoms with van der Waals surface area (Å²) in [5.74, 6) is -0.290. The predicted molar refractivity (Wildman–Crippen MR) is 103 cm³/mol. The average Bonchev–Trinajstić information content (AvgIpc) is 3.15. The third kappa shape index (κ3) is 2.73. The van der Waals surface area contributed by atoms with Gasteiger partial charge in [0.1, 0.15) is 0 Å². The number of aromatic nitrogens is 2. The van der Waals surface area contributed by atoms with Gasteiger partial charge in [0.25, 0.3) is 11.5 Å². The Kier molecular flexibility index (Phi) is 4.34. The Morgan fingerprint density at radius 2 is 2.08 bits per heavy atom. The molecule has 0 saturated carbocycles. The highest BCUT2D eigenvalue weighted by molar-refractivity contribution is 7.10. The first-order valence-corrected chi connectivity index (χ1v) is 9.50. The second-order valence-corrected chi connectivity index (χ2v) is 7.46. The highest BCUT2D eigenvalue weighted by Gasteiger charge is 2.26. The van der Waals surface area contributed by atoms with Gasteiger partial charge in [-0.2, -0.15) is 5.10 Å². The first kappa shape index (κ1) is 16.9. The molecule has 1 unspecified atom stereocenters. The molecule has 1 aromatic carbocycles. The lowest BCUT2D eigenvalue weighted by molar-refractivity contribution is 0.0953. The molecule has 0 spiro atoms. The molecule has 6 nitrogen and oxygen atoms in total. The molecule has 26 heavy (non-hydrogen) atoms. The molecule has 7 heteroatoms. The van der Waals surface area contributed by atoms with Gasteiger partial charge < -0.3 is 5.32 Å². The van der Waals surface area contributed by atoms with Crippen molar-refractivity contribution in [2.45, 2.75) is 26.1 Å². The number of carbonyl (C=O) groups is 1. The van der Waals surface area contributed by atoms with Gasteiger partial charge in [-0.3, -0.25) is 14.5 Å². The van der Waals surface area contributed by atoms with E-state index in [1.54, 1.807) is 30.5 Å². The fourth-order valence-corrected chi connectivity index (χ4v) is 4.51. The van der Waals surface area contributed by atoms with E-state index in [1.807, 2.05) is 12.1 Å². The minimum atomic E-state index is -0.290. The molecular formula is C19H20N4O2S. The van der Waals surface area contributed by atoms with E-state index in [4.69, 9.17) is 0 Å². The summed E-state index contributed by atoms with van der Waals surface area (Å²) in [5.41, 5.74) is 1.43. The second kappa shape index (κ2) is 6.66. The van der Waals surface area contributed by atoms with Crippen LogP contribution < -0.4 is 10.9 Å². The number of carbonyl (C=O) groups excluding carboxylic acids is 1. The van der Waals surface area contributed by atoms with Gasteiger partial charge in [-0.15, -0.1) is 11.3 Å². The van der Waals surface area contributed by atoms with Crippen LogP contribution in [0.25, 0.3) is 10.8 Å². The van der Waals surface area contributed by atoms with Crippen molar-refractivity contribution in [3.05, 3.63) is 62.2 Å². The zero-order valence-electron chi connectivity index (χ0n) is 14.7. The first-order valence-electron chi connectivity index (χ1n) is 8.62. The van der Waals surface area contributed by atoms with Gasteiger partial charge in [0.2, 0.25) is 0 Å². The van der Waals surface area contributed by atoms with Crippen LogP contribution in [0.1, 0.15) is 33.9 Å². The molecule has 0 aliphatic carbocycles. The van der Waals surface area contributed by atoms with Crippen LogP contribution in [0.4, 0.5) is 0 Å². The Bertz CT molecular complexity index is 1040. The summed E-state index contributed by atoms with van der Waals surface area (Å²) in [6.45, 7) is 3.38. The van der Waals surface area contributed by atoms with E-state index in [-0.39, 0.29) is 23.2 Å². The predicted octanol–water partition coefficient (Wildman–Crippen LogP) is 2.39. The topological polar surface area (TPSA) is 67.2 Å². The summed E-state index contributed by atoms with van der Waals surface area (Å²) in [5, 5.41) is 10.2. The van der Waals surface area contributed by atoms with E-state index in [0.29, 0.717) is 17.4 Å². The molecule has 134 valence electrons. The van der Waals surface area contributed by atoms with Gasteiger partial charge in [0.15, 0.2) is 5.69 Å². The highest BCUT2D eigenvalue weighted by Crippen LogP contribution is 2.32. The molecule has 3 heterocycles. The molecule has 0 saturated heterocycles. The van der Waals surface area contributed by atoms with E-state index < -0.39 is 0 Å². The third-order valence-corrected chi connectivity index (χ3v) is 6.03. The van der Waals surface area contributed by atoms with Gasteiger partial charge in [-0.1, -0.05) is 18.2 Å². The van der Waals surface area contributed by atoms with Crippen LogP contribution in [0.2, 0.25) is 0 Å². The maximum absolute atomic E-state index is 12.9. The number of benzene rings is 1. The van der Waals surface area contributed by atoms with Gasteiger partial charge in [0, 0.05) is 29.9 Å². The van der Waals surface area contributed by atoms with Crippen molar-refractivity contribution in [1.29, 1.82) is 0 Å². The smallest absolute Gasteiger partial charge is 0.275 e. The standard InChI is InChI=1S/C19H20N4O2S/c1-12-13-8-10-26-16(13)7-9-22(12)11-23-19(25)15-6-4-3-5-14(15)17(21-23)18(24)20-2/h3-6,8,10,12H,7,9,11H2,1-2H3,(H,20,24). The van der Waals surface area contributed by atoms with E-state index in [2.05, 4.69) is 33.7 Å². The Labute approximate surface area is 155 Å².